The molecular formula is C13H17N3OS. The summed E-state index contributed by atoms with van der Waals surface area (Å²) in [5.74, 6) is 0. The Morgan fingerprint density at radius 1 is 1.39 bits per heavy atom. The summed E-state index contributed by atoms with van der Waals surface area (Å²) < 4.78 is 0. The van der Waals surface area contributed by atoms with Gasteiger partial charge in [-0.15, -0.1) is 11.3 Å². The topological polar surface area (TPSA) is 60.2 Å². The smallest absolute Gasteiger partial charge is 0.116 e. The fourth-order valence-electron chi connectivity index (χ4n) is 1.82. The van der Waals surface area contributed by atoms with Crippen LogP contribution in [-0.4, -0.2) is 18.6 Å². The number of nitrogens with two attached hydrogens (primary N) is 1. The third kappa shape index (κ3) is 2.76. The third-order valence-electron chi connectivity index (χ3n) is 2.76. The quantitative estimate of drug-likeness (QED) is 0.812. The molecule has 0 bridgehead atoms. The Hall–Kier alpha value is -1.27. The number of nitrogens with one attached hydrogen (secondary N) is 1. The second kappa shape index (κ2) is 6.06. The van der Waals surface area contributed by atoms with Crippen LogP contribution in [0.4, 0.5) is 0 Å². The minimum absolute atomic E-state index is 0.119. The van der Waals surface area contributed by atoms with Crippen LogP contribution in [0.1, 0.15) is 17.4 Å². The zero-order chi connectivity index (χ0) is 13.0. The van der Waals surface area contributed by atoms with Crippen LogP contribution in [-0.2, 0) is 4.84 Å². The summed E-state index contributed by atoms with van der Waals surface area (Å²) in [4.78, 5) is 10.8. The highest BCUT2D eigenvalue weighted by molar-refractivity contribution is 7.13. The van der Waals surface area contributed by atoms with Gasteiger partial charge in [0.1, 0.15) is 6.10 Å². The van der Waals surface area contributed by atoms with Gasteiger partial charge in [-0.05, 0) is 18.1 Å². The van der Waals surface area contributed by atoms with Crippen molar-refractivity contribution >= 4 is 11.3 Å². The van der Waals surface area contributed by atoms with Gasteiger partial charge in [-0.3, -0.25) is 4.84 Å². The number of hydrogen-bond donors (Lipinski definition) is 2. The van der Waals surface area contributed by atoms with Crippen molar-refractivity contribution in [3.8, 4) is 10.4 Å². The molecule has 2 rings (SSSR count). The molecular weight excluding hydrogens is 246 g/mol. The third-order valence-corrected chi connectivity index (χ3v) is 3.74. The Morgan fingerprint density at radius 3 is 2.61 bits per heavy atom. The standard InChI is InChI=1S/C13H17N3OS/c1-9-13(18-8-16-9)11-5-3-10(4-6-11)12(7-14)17-15-2/h3-6,8,12,15H,7,14H2,1-2H3. The molecule has 2 aromatic rings. The summed E-state index contributed by atoms with van der Waals surface area (Å²) in [5, 5.41) is 0. The summed E-state index contributed by atoms with van der Waals surface area (Å²) in [6, 6.07) is 8.25. The molecule has 0 saturated heterocycles. The van der Waals surface area contributed by atoms with Crippen molar-refractivity contribution in [3.63, 3.8) is 0 Å². The largest absolute Gasteiger partial charge is 0.328 e. The Labute approximate surface area is 111 Å². The predicted octanol–water partition coefficient (Wildman–Crippen LogP) is 2.27. The van der Waals surface area contributed by atoms with Crippen LogP contribution in [0, 0.1) is 6.92 Å². The minimum Gasteiger partial charge on any atom is -0.328 e. The van der Waals surface area contributed by atoms with Crippen LogP contribution in [0.2, 0.25) is 0 Å². The van der Waals surface area contributed by atoms with Crippen molar-refractivity contribution in [1.82, 2.24) is 10.5 Å². The van der Waals surface area contributed by atoms with E-state index < -0.39 is 0 Å². The molecule has 0 spiro atoms. The van der Waals surface area contributed by atoms with E-state index in [1.165, 1.54) is 10.4 Å². The average molecular weight is 263 g/mol. The predicted molar refractivity (Wildman–Crippen MR) is 74.2 cm³/mol. The molecule has 0 aliphatic heterocycles. The van der Waals surface area contributed by atoms with Crippen molar-refractivity contribution in [1.29, 1.82) is 0 Å². The van der Waals surface area contributed by atoms with E-state index in [1.54, 1.807) is 18.4 Å². The monoisotopic (exact) mass is 263 g/mol. The Morgan fingerprint density at radius 2 is 2.11 bits per heavy atom. The van der Waals surface area contributed by atoms with E-state index in [-0.39, 0.29) is 6.10 Å². The van der Waals surface area contributed by atoms with Gasteiger partial charge in [-0.1, -0.05) is 24.3 Å². The van der Waals surface area contributed by atoms with E-state index in [9.17, 15) is 0 Å². The lowest BCUT2D eigenvalue weighted by Crippen LogP contribution is -2.21. The highest BCUT2D eigenvalue weighted by atomic mass is 32.1. The van der Waals surface area contributed by atoms with Gasteiger partial charge in [0.25, 0.3) is 0 Å². The van der Waals surface area contributed by atoms with E-state index in [4.69, 9.17) is 10.6 Å². The first-order chi connectivity index (χ1) is 8.76. The van der Waals surface area contributed by atoms with Crippen molar-refractivity contribution in [2.24, 2.45) is 5.73 Å². The van der Waals surface area contributed by atoms with E-state index in [2.05, 4.69) is 22.6 Å². The fraction of sp³-hybridized carbons (Fsp3) is 0.308. The first kappa shape index (κ1) is 13.2. The lowest BCUT2D eigenvalue weighted by atomic mass is 10.1. The van der Waals surface area contributed by atoms with Gasteiger partial charge >= 0.3 is 0 Å². The van der Waals surface area contributed by atoms with Crippen LogP contribution in [0.15, 0.2) is 29.8 Å². The molecule has 18 heavy (non-hydrogen) atoms. The number of nitrogens with zero attached hydrogens (tertiary/aromatic N) is 1. The second-order valence-electron chi connectivity index (χ2n) is 3.94. The van der Waals surface area contributed by atoms with Crippen LogP contribution in [0.5, 0.6) is 0 Å². The maximum atomic E-state index is 5.67. The Balaban J connectivity index is 2.22. The molecule has 4 nitrogen and oxygen atoms in total. The molecule has 0 amide bonds. The number of hydrogen-bond acceptors (Lipinski definition) is 5. The van der Waals surface area contributed by atoms with Gasteiger partial charge in [0.2, 0.25) is 0 Å². The summed E-state index contributed by atoms with van der Waals surface area (Å²) in [7, 11) is 1.73. The van der Waals surface area contributed by atoms with Crippen LogP contribution >= 0.6 is 11.3 Å². The number of aryl methyl sites for hydroxylation is 1. The molecule has 5 heteroatoms. The van der Waals surface area contributed by atoms with Crippen LogP contribution in [0.3, 0.4) is 0 Å². The fourth-order valence-corrected chi connectivity index (χ4v) is 2.63. The van der Waals surface area contributed by atoms with Crippen LogP contribution in [0.25, 0.3) is 10.4 Å². The molecule has 1 aromatic heterocycles. The normalized spacial score (nSPS) is 12.6. The lowest BCUT2D eigenvalue weighted by Gasteiger charge is -2.15. The van der Waals surface area contributed by atoms with Crippen LogP contribution < -0.4 is 11.2 Å². The molecule has 0 radical (unpaired) electrons. The molecule has 0 aliphatic carbocycles. The molecule has 0 saturated carbocycles. The SMILES string of the molecule is CNOC(CN)c1ccc(-c2scnc2C)cc1. The van der Waals surface area contributed by atoms with Gasteiger partial charge in [0.15, 0.2) is 0 Å². The van der Waals surface area contributed by atoms with Crippen molar-refractivity contribution in [2.45, 2.75) is 13.0 Å². The molecule has 96 valence electrons. The van der Waals surface area contributed by atoms with Crippen molar-refractivity contribution in [3.05, 3.63) is 41.0 Å². The minimum atomic E-state index is -0.119. The summed E-state index contributed by atoms with van der Waals surface area (Å²) in [6.07, 6.45) is -0.119. The molecule has 1 atom stereocenters. The molecule has 0 aliphatic rings. The molecule has 0 fully saturated rings. The zero-order valence-corrected chi connectivity index (χ0v) is 11.3. The number of benzene rings is 1. The Kier molecular flexibility index (Phi) is 4.43. The molecule has 3 N–H and O–H groups in total. The molecule has 1 unspecified atom stereocenters. The summed E-state index contributed by atoms with van der Waals surface area (Å²) in [5.41, 5.74) is 13.5. The summed E-state index contributed by atoms with van der Waals surface area (Å²) in [6.45, 7) is 2.46. The number of thiazole rings is 1. The number of rotatable bonds is 5. The van der Waals surface area contributed by atoms with E-state index in [0.717, 1.165) is 11.3 Å². The molecule has 1 aromatic carbocycles. The highest BCUT2D eigenvalue weighted by Gasteiger charge is 2.11. The Bertz CT molecular complexity index is 495. The van der Waals surface area contributed by atoms with Gasteiger partial charge in [-0.25, -0.2) is 10.5 Å². The first-order valence-corrected chi connectivity index (χ1v) is 6.67. The maximum Gasteiger partial charge on any atom is 0.116 e. The second-order valence-corrected chi connectivity index (χ2v) is 4.79. The highest BCUT2D eigenvalue weighted by Crippen LogP contribution is 2.28. The van der Waals surface area contributed by atoms with E-state index >= 15 is 0 Å². The maximum absolute atomic E-state index is 5.67. The summed E-state index contributed by atoms with van der Waals surface area (Å²) >= 11 is 1.65. The van der Waals surface area contributed by atoms with Gasteiger partial charge in [-0.2, -0.15) is 0 Å². The van der Waals surface area contributed by atoms with Crippen molar-refractivity contribution < 1.29 is 4.84 Å². The van der Waals surface area contributed by atoms with Crippen molar-refractivity contribution in [2.75, 3.05) is 13.6 Å². The average Bonchev–Trinajstić information content (AvgIpc) is 2.82. The zero-order valence-electron chi connectivity index (χ0n) is 10.5. The number of aromatic nitrogens is 1. The van der Waals surface area contributed by atoms with E-state index in [1.807, 2.05) is 24.6 Å². The first-order valence-electron chi connectivity index (χ1n) is 5.79. The van der Waals surface area contributed by atoms with Gasteiger partial charge < -0.3 is 5.73 Å². The molecule has 1 heterocycles. The number of hydroxylamine groups is 1. The van der Waals surface area contributed by atoms with Gasteiger partial charge in [0.05, 0.1) is 16.1 Å². The van der Waals surface area contributed by atoms with E-state index in [0.29, 0.717) is 6.54 Å². The van der Waals surface area contributed by atoms with Gasteiger partial charge in [0, 0.05) is 13.6 Å². The lowest BCUT2D eigenvalue weighted by molar-refractivity contribution is -0.00816.